The third-order valence-corrected chi connectivity index (χ3v) is 5.62. The Labute approximate surface area is 163 Å². The number of aromatic nitrogens is 5. The van der Waals surface area contributed by atoms with Crippen LogP contribution in [0.5, 0.6) is 5.88 Å². The lowest BCUT2D eigenvalue weighted by Gasteiger charge is -2.40. The second kappa shape index (κ2) is 7.18. The van der Waals surface area contributed by atoms with E-state index < -0.39 is 0 Å². The average molecular weight is 377 g/mol. The van der Waals surface area contributed by atoms with E-state index in [0.717, 1.165) is 48.5 Å². The van der Waals surface area contributed by atoms with Gasteiger partial charge in [0, 0.05) is 42.8 Å². The summed E-state index contributed by atoms with van der Waals surface area (Å²) in [5, 5.41) is 1.07. The van der Waals surface area contributed by atoms with Crippen molar-refractivity contribution >= 4 is 22.5 Å². The quantitative estimate of drug-likeness (QED) is 0.671. The summed E-state index contributed by atoms with van der Waals surface area (Å²) < 4.78 is 5.30. The highest BCUT2D eigenvalue weighted by Crippen LogP contribution is 2.36. The average Bonchev–Trinajstić information content (AvgIpc) is 3.59. The minimum Gasteiger partial charge on any atom is -0.481 e. The van der Waals surface area contributed by atoms with Crippen molar-refractivity contribution in [3.63, 3.8) is 0 Å². The van der Waals surface area contributed by atoms with Gasteiger partial charge in [0.1, 0.15) is 24.3 Å². The van der Waals surface area contributed by atoms with E-state index in [1.54, 1.807) is 32.2 Å². The van der Waals surface area contributed by atoms with Gasteiger partial charge in [0.25, 0.3) is 0 Å². The molecule has 1 saturated heterocycles. The van der Waals surface area contributed by atoms with Crippen LogP contribution in [0, 0.1) is 0 Å². The highest BCUT2D eigenvalue weighted by atomic mass is 16.5. The van der Waals surface area contributed by atoms with Crippen LogP contribution in [0.4, 0.5) is 11.6 Å². The van der Waals surface area contributed by atoms with Gasteiger partial charge in [0.2, 0.25) is 5.88 Å². The molecule has 8 nitrogen and oxygen atoms in total. The Morgan fingerprint density at radius 1 is 1.00 bits per heavy atom. The molecule has 0 bridgehead atoms. The lowest BCUT2D eigenvalue weighted by atomic mass is 10.0. The van der Waals surface area contributed by atoms with Gasteiger partial charge in [0.05, 0.1) is 18.8 Å². The molecule has 28 heavy (non-hydrogen) atoms. The van der Waals surface area contributed by atoms with Crippen molar-refractivity contribution in [1.82, 2.24) is 24.9 Å². The Balaban J connectivity index is 1.35. The maximum Gasteiger partial charge on any atom is 0.218 e. The molecule has 1 aliphatic carbocycles. The normalized spacial score (nSPS) is 17.7. The molecule has 3 aromatic rings. The van der Waals surface area contributed by atoms with E-state index in [2.05, 4.69) is 34.7 Å². The Bertz CT molecular complexity index is 964. The Morgan fingerprint density at radius 3 is 2.57 bits per heavy atom. The standard InChI is InChI=1S/C20H23N7O/c1-28-19-10-18(23-13-24-19)27(14-2-3-14)15-5-8-26(9-6-15)20-16-4-7-21-11-17(16)22-12-25-20/h4,7,10-15H,2-3,5-6,8-9H2,1H3. The molecule has 144 valence electrons. The molecule has 0 unspecified atom stereocenters. The molecule has 0 aromatic carbocycles. The number of rotatable bonds is 5. The van der Waals surface area contributed by atoms with Crippen molar-refractivity contribution in [3.05, 3.63) is 37.2 Å². The minimum atomic E-state index is 0.470. The predicted octanol–water partition coefficient (Wildman–Crippen LogP) is 2.46. The van der Waals surface area contributed by atoms with Crippen molar-refractivity contribution in [2.75, 3.05) is 30.0 Å². The van der Waals surface area contributed by atoms with Crippen LogP contribution in [-0.4, -0.2) is 57.2 Å². The number of fused-ring (bicyclic) bond motifs is 1. The maximum absolute atomic E-state index is 5.30. The van der Waals surface area contributed by atoms with E-state index in [1.165, 1.54) is 12.8 Å². The summed E-state index contributed by atoms with van der Waals surface area (Å²) >= 11 is 0. The Hall–Kier alpha value is -3.03. The van der Waals surface area contributed by atoms with E-state index in [9.17, 15) is 0 Å². The monoisotopic (exact) mass is 377 g/mol. The fourth-order valence-corrected chi connectivity index (χ4v) is 4.11. The number of ether oxygens (including phenoxy) is 1. The summed E-state index contributed by atoms with van der Waals surface area (Å²) in [6, 6.07) is 5.01. The van der Waals surface area contributed by atoms with Crippen LogP contribution in [0.3, 0.4) is 0 Å². The molecule has 1 saturated carbocycles. The molecule has 0 radical (unpaired) electrons. The van der Waals surface area contributed by atoms with E-state index in [4.69, 9.17) is 4.74 Å². The topological polar surface area (TPSA) is 80.2 Å². The van der Waals surface area contributed by atoms with Crippen LogP contribution >= 0.6 is 0 Å². The van der Waals surface area contributed by atoms with E-state index in [0.29, 0.717) is 18.0 Å². The summed E-state index contributed by atoms with van der Waals surface area (Å²) in [7, 11) is 1.65. The molecule has 5 rings (SSSR count). The van der Waals surface area contributed by atoms with Gasteiger partial charge in [-0.3, -0.25) is 4.98 Å². The van der Waals surface area contributed by atoms with Crippen LogP contribution < -0.4 is 14.5 Å². The summed E-state index contributed by atoms with van der Waals surface area (Å²) in [5.74, 6) is 2.60. The largest absolute Gasteiger partial charge is 0.481 e. The number of methoxy groups -OCH3 is 1. The first kappa shape index (κ1) is 17.1. The van der Waals surface area contributed by atoms with Crippen molar-refractivity contribution in [1.29, 1.82) is 0 Å². The first-order chi connectivity index (χ1) is 13.8. The molecule has 8 heteroatoms. The Kier molecular flexibility index (Phi) is 4.38. The fourth-order valence-electron chi connectivity index (χ4n) is 4.11. The van der Waals surface area contributed by atoms with Gasteiger partial charge in [-0.25, -0.2) is 19.9 Å². The van der Waals surface area contributed by atoms with Crippen LogP contribution in [-0.2, 0) is 0 Å². The lowest BCUT2D eigenvalue weighted by Crippen LogP contribution is -2.46. The highest BCUT2D eigenvalue weighted by molar-refractivity contribution is 5.88. The van der Waals surface area contributed by atoms with E-state index in [1.807, 2.05) is 12.1 Å². The fraction of sp³-hybridized carbons (Fsp3) is 0.450. The highest BCUT2D eigenvalue weighted by Gasteiger charge is 2.37. The third-order valence-electron chi connectivity index (χ3n) is 5.62. The van der Waals surface area contributed by atoms with Gasteiger partial charge in [0.15, 0.2) is 0 Å². The molecule has 2 fully saturated rings. The van der Waals surface area contributed by atoms with Crippen LogP contribution in [0.25, 0.3) is 10.9 Å². The van der Waals surface area contributed by atoms with Crippen LogP contribution in [0.1, 0.15) is 25.7 Å². The smallest absolute Gasteiger partial charge is 0.218 e. The first-order valence-electron chi connectivity index (χ1n) is 9.77. The third kappa shape index (κ3) is 3.19. The zero-order valence-corrected chi connectivity index (χ0v) is 15.9. The molecule has 4 heterocycles. The van der Waals surface area contributed by atoms with E-state index >= 15 is 0 Å². The molecule has 2 aliphatic rings. The molecule has 1 aliphatic heterocycles. The van der Waals surface area contributed by atoms with Gasteiger partial charge < -0.3 is 14.5 Å². The van der Waals surface area contributed by atoms with Gasteiger partial charge in [-0.1, -0.05) is 0 Å². The molecular weight excluding hydrogens is 354 g/mol. The zero-order chi connectivity index (χ0) is 18.9. The first-order valence-corrected chi connectivity index (χ1v) is 9.77. The molecule has 0 amide bonds. The molecule has 0 spiro atoms. The predicted molar refractivity (Wildman–Crippen MR) is 107 cm³/mol. The molecule has 0 N–H and O–H groups in total. The van der Waals surface area contributed by atoms with Crippen molar-refractivity contribution in [2.45, 2.75) is 37.8 Å². The zero-order valence-electron chi connectivity index (χ0n) is 15.9. The SMILES string of the molecule is COc1cc(N(C2CC2)C2CCN(c3ncnc4cnccc34)CC2)ncn1. The number of anilines is 2. The summed E-state index contributed by atoms with van der Waals surface area (Å²) in [5.41, 5.74) is 0.891. The maximum atomic E-state index is 5.30. The van der Waals surface area contributed by atoms with Gasteiger partial charge >= 0.3 is 0 Å². The summed E-state index contributed by atoms with van der Waals surface area (Å²) in [6.07, 6.45) is 11.4. The number of hydrogen-bond acceptors (Lipinski definition) is 8. The second-order valence-electron chi connectivity index (χ2n) is 7.37. The number of nitrogens with zero attached hydrogens (tertiary/aromatic N) is 7. The Morgan fingerprint density at radius 2 is 1.79 bits per heavy atom. The molecule has 0 atom stereocenters. The number of pyridine rings is 1. The molecular formula is C20H23N7O. The van der Waals surface area contributed by atoms with Crippen molar-refractivity contribution in [2.24, 2.45) is 0 Å². The van der Waals surface area contributed by atoms with E-state index in [-0.39, 0.29) is 0 Å². The van der Waals surface area contributed by atoms with Crippen LogP contribution in [0.15, 0.2) is 37.2 Å². The van der Waals surface area contributed by atoms with Crippen LogP contribution in [0.2, 0.25) is 0 Å². The molecule has 3 aromatic heterocycles. The number of piperidine rings is 1. The number of hydrogen-bond donors (Lipinski definition) is 0. The van der Waals surface area contributed by atoms with Gasteiger partial charge in [-0.2, -0.15) is 0 Å². The van der Waals surface area contributed by atoms with Gasteiger partial charge in [-0.05, 0) is 31.7 Å². The summed E-state index contributed by atoms with van der Waals surface area (Å²) in [4.78, 5) is 26.6. The minimum absolute atomic E-state index is 0.470. The summed E-state index contributed by atoms with van der Waals surface area (Å²) in [6.45, 7) is 1.93. The van der Waals surface area contributed by atoms with Crippen molar-refractivity contribution < 1.29 is 4.74 Å². The van der Waals surface area contributed by atoms with Crippen molar-refractivity contribution in [3.8, 4) is 5.88 Å². The second-order valence-corrected chi connectivity index (χ2v) is 7.37. The lowest BCUT2D eigenvalue weighted by molar-refractivity contribution is 0.395. The van der Waals surface area contributed by atoms with Gasteiger partial charge in [-0.15, -0.1) is 0 Å².